The molecule has 0 radical (unpaired) electrons. The van der Waals surface area contributed by atoms with Crippen molar-refractivity contribution in [2.45, 2.75) is 78.3 Å². The van der Waals surface area contributed by atoms with Gasteiger partial charge in [-0.15, -0.1) is 0 Å². The minimum Gasteiger partial charge on any atom is -0.453 e. The van der Waals surface area contributed by atoms with Crippen molar-refractivity contribution in [2.24, 2.45) is 23.3 Å². The normalized spacial score (nSPS) is 16.1. The molecular formula is C44H56N8O6. The van der Waals surface area contributed by atoms with Gasteiger partial charge in [0.1, 0.15) is 11.6 Å². The summed E-state index contributed by atoms with van der Waals surface area (Å²) in [4.78, 5) is 64.9. The third-order valence-electron chi connectivity index (χ3n) is 10.2. The van der Waals surface area contributed by atoms with Crippen LogP contribution in [0.15, 0.2) is 73.1 Å². The van der Waals surface area contributed by atoms with Crippen LogP contribution in [0.25, 0.3) is 44.4 Å². The van der Waals surface area contributed by atoms with Crippen LogP contribution in [0, 0.1) is 11.8 Å². The number of nitrogens with two attached hydrogens (primary N) is 2. The van der Waals surface area contributed by atoms with Crippen molar-refractivity contribution < 1.29 is 28.7 Å². The largest absolute Gasteiger partial charge is 0.453 e. The lowest BCUT2D eigenvalue weighted by Gasteiger charge is -2.24. The minimum atomic E-state index is -0.745. The summed E-state index contributed by atoms with van der Waals surface area (Å²) in [7, 11) is 2.45. The summed E-state index contributed by atoms with van der Waals surface area (Å²) in [5.74, 6) is 2.89. The van der Waals surface area contributed by atoms with E-state index in [1.165, 1.54) is 19.6 Å². The average Bonchev–Trinajstić information content (AvgIpc) is 4.04. The van der Waals surface area contributed by atoms with Crippen LogP contribution in [0.4, 0.5) is 9.59 Å². The number of primary amides is 2. The molecule has 2 aliphatic heterocycles. The van der Waals surface area contributed by atoms with Crippen LogP contribution in [0.3, 0.4) is 0 Å². The molecule has 2 aliphatic rings. The number of methoxy groups -OCH3 is 2. The van der Waals surface area contributed by atoms with Crippen molar-refractivity contribution in [1.29, 1.82) is 0 Å². The third-order valence-corrected chi connectivity index (χ3v) is 10.2. The lowest BCUT2D eigenvalue weighted by atomic mass is 9.98. The Morgan fingerprint density at radius 3 is 1.45 bits per heavy atom. The predicted octanol–water partition coefficient (Wildman–Crippen LogP) is 8.13. The monoisotopic (exact) mass is 792 g/mol. The smallest absolute Gasteiger partial charge is 0.404 e. The van der Waals surface area contributed by atoms with Gasteiger partial charge in [0, 0.05) is 31.5 Å². The van der Waals surface area contributed by atoms with Crippen molar-refractivity contribution in [1.82, 2.24) is 29.7 Å². The minimum absolute atomic E-state index is 0.0256. The maximum Gasteiger partial charge on any atom is 0.404 e. The second-order valence-electron chi connectivity index (χ2n) is 15.5. The highest BCUT2D eigenvalue weighted by molar-refractivity contribution is 5.90. The van der Waals surface area contributed by atoms with Gasteiger partial charge in [0.2, 0.25) is 11.8 Å². The van der Waals surface area contributed by atoms with E-state index in [4.69, 9.17) is 9.97 Å². The van der Waals surface area contributed by atoms with E-state index in [0.29, 0.717) is 24.7 Å². The van der Waals surface area contributed by atoms with Gasteiger partial charge >= 0.3 is 12.2 Å². The highest BCUT2D eigenvalue weighted by Gasteiger charge is 2.33. The summed E-state index contributed by atoms with van der Waals surface area (Å²) in [6, 6.07) is 21.7. The van der Waals surface area contributed by atoms with Gasteiger partial charge in [-0.05, 0) is 77.1 Å². The number of nitrogens with zero attached hydrogens (tertiary/aromatic N) is 4. The highest BCUT2D eigenvalue weighted by atomic mass is 16.5. The molecular weight excluding hydrogens is 737 g/mol. The summed E-state index contributed by atoms with van der Waals surface area (Å²) in [5, 5.41) is 2.34. The number of carbonyl (C=O) groups excluding carboxylic acids is 4. The van der Waals surface area contributed by atoms with Crippen LogP contribution < -0.4 is 11.5 Å². The fourth-order valence-corrected chi connectivity index (χ4v) is 7.37. The molecule has 308 valence electrons. The van der Waals surface area contributed by atoms with E-state index >= 15 is 0 Å². The Morgan fingerprint density at radius 1 is 0.638 bits per heavy atom. The van der Waals surface area contributed by atoms with Crippen LogP contribution in [-0.2, 0) is 19.1 Å². The molecule has 14 heteroatoms. The Bertz CT molecular complexity index is 2160. The van der Waals surface area contributed by atoms with E-state index in [-0.39, 0.29) is 23.9 Å². The van der Waals surface area contributed by atoms with Gasteiger partial charge in [-0.2, -0.15) is 0 Å². The molecule has 0 spiro atoms. The van der Waals surface area contributed by atoms with Crippen LogP contribution >= 0.6 is 0 Å². The second-order valence-corrected chi connectivity index (χ2v) is 15.5. The van der Waals surface area contributed by atoms with E-state index in [2.05, 4.69) is 119 Å². The number of fused-ring (bicyclic) bond motifs is 1. The highest BCUT2D eigenvalue weighted by Crippen LogP contribution is 2.35. The Morgan fingerprint density at radius 2 is 1.02 bits per heavy atom. The van der Waals surface area contributed by atoms with E-state index < -0.39 is 12.2 Å². The van der Waals surface area contributed by atoms with Crippen LogP contribution in [0.2, 0.25) is 0 Å². The third kappa shape index (κ3) is 11.0. The lowest BCUT2D eigenvalue weighted by Crippen LogP contribution is -2.31. The summed E-state index contributed by atoms with van der Waals surface area (Å²) < 4.78 is 7.78. The van der Waals surface area contributed by atoms with Gasteiger partial charge in [-0.1, -0.05) is 76.2 Å². The first kappa shape index (κ1) is 43.0. The second kappa shape index (κ2) is 19.8. The van der Waals surface area contributed by atoms with Gasteiger partial charge in [-0.3, -0.25) is 9.59 Å². The number of likely N-dealkylation sites (tertiary alicyclic amines) is 2. The van der Waals surface area contributed by atoms with E-state index in [9.17, 15) is 19.2 Å². The standard InChI is InChI=1S/C40H46N6O2.2C2H5NO2/c1-25(2)19-37(47)45-17-5-7-35(45)39-41-23-33(43-39)28-11-9-27(10-12-28)29-13-14-31-22-32(16-15-30(31)21-29)34-24-42-40(44-34)36-8-6-18-46(36)38(48)20-26(3)4;2*1-5-2(3)4/h9-16,21-26,35-36H,5-8,17-20H2,1-4H3,(H,41,43)(H,42,44);2*1H3,(H2,3,4)/t35-,36-;;/m0../s1. The number of benzene rings is 3. The topological polar surface area (TPSA) is 203 Å². The first-order chi connectivity index (χ1) is 27.8. The number of nitrogens with one attached hydrogen (secondary N) is 2. The molecule has 58 heavy (non-hydrogen) atoms. The zero-order valence-electron chi connectivity index (χ0n) is 34.3. The first-order valence-corrected chi connectivity index (χ1v) is 19.8. The molecule has 3 aromatic carbocycles. The fraction of sp³-hybridized carbons (Fsp3) is 0.409. The molecule has 2 saturated heterocycles. The number of amides is 4. The van der Waals surface area contributed by atoms with Crippen molar-refractivity contribution in [3.8, 4) is 33.6 Å². The Kier molecular flexibility index (Phi) is 14.7. The molecule has 0 aliphatic carbocycles. The number of carbonyl (C=O) groups is 4. The number of imidazole rings is 2. The zero-order valence-corrected chi connectivity index (χ0v) is 34.3. The molecule has 0 saturated carbocycles. The molecule has 4 amide bonds. The lowest BCUT2D eigenvalue weighted by molar-refractivity contribution is -0.133. The van der Waals surface area contributed by atoms with Gasteiger partial charge in [0.25, 0.3) is 0 Å². The fourth-order valence-electron chi connectivity index (χ4n) is 7.37. The number of ether oxygens (including phenoxy) is 2. The molecule has 6 N–H and O–H groups in total. The van der Waals surface area contributed by atoms with Gasteiger partial charge < -0.3 is 40.7 Å². The van der Waals surface area contributed by atoms with E-state index in [0.717, 1.165) is 89.4 Å². The van der Waals surface area contributed by atoms with Crippen LogP contribution in [0.5, 0.6) is 0 Å². The summed E-state index contributed by atoms with van der Waals surface area (Å²) >= 11 is 0. The van der Waals surface area contributed by atoms with Crippen molar-refractivity contribution in [3.63, 3.8) is 0 Å². The molecule has 5 aromatic rings. The van der Waals surface area contributed by atoms with Crippen LogP contribution in [-0.4, -0.2) is 81.0 Å². The molecule has 0 unspecified atom stereocenters. The maximum absolute atomic E-state index is 12.8. The maximum atomic E-state index is 12.8. The molecule has 7 rings (SSSR count). The molecule has 2 atom stereocenters. The molecule has 2 fully saturated rings. The summed E-state index contributed by atoms with van der Waals surface area (Å²) in [5.41, 5.74) is 15.3. The van der Waals surface area contributed by atoms with Crippen LogP contribution in [0.1, 0.15) is 90.0 Å². The Labute approximate surface area is 339 Å². The summed E-state index contributed by atoms with van der Waals surface area (Å²) in [6.45, 7) is 9.97. The van der Waals surface area contributed by atoms with Gasteiger partial charge in [0.15, 0.2) is 0 Å². The Hall–Kier alpha value is -6.18. The zero-order chi connectivity index (χ0) is 41.9. The Balaban J connectivity index is 0.000000574. The number of H-pyrrole nitrogens is 2. The summed E-state index contributed by atoms with van der Waals surface area (Å²) in [6.07, 6.45) is 7.37. The van der Waals surface area contributed by atoms with Gasteiger partial charge in [0.05, 0.1) is 50.1 Å². The van der Waals surface area contributed by atoms with Crippen molar-refractivity contribution in [2.75, 3.05) is 27.3 Å². The number of aromatic nitrogens is 4. The number of rotatable bonds is 9. The van der Waals surface area contributed by atoms with Crippen molar-refractivity contribution >= 4 is 34.8 Å². The SMILES string of the molecule is CC(C)CC(=O)N1CCC[C@H]1c1ncc(-c2ccc(-c3ccc4cc(-c5cnc([C@@H]6CCCN6C(=O)CC(C)C)[nH]5)ccc4c3)cc2)[nH]1.COC(N)=O.COC(N)=O. The quantitative estimate of drug-likeness (QED) is 0.114. The molecule has 14 nitrogen and oxygen atoms in total. The van der Waals surface area contributed by atoms with Crippen molar-refractivity contribution in [3.05, 3.63) is 84.7 Å². The molecule has 0 bridgehead atoms. The van der Waals surface area contributed by atoms with E-state index in [1.54, 1.807) is 0 Å². The number of hydrogen-bond donors (Lipinski definition) is 4. The molecule has 2 aromatic heterocycles. The van der Waals surface area contributed by atoms with E-state index in [1.807, 2.05) is 22.2 Å². The number of aromatic amines is 2. The predicted molar refractivity (Wildman–Crippen MR) is 224 cm³/mol. The molecule has 4 heterocycles. The van der Waals surface area contributed by atoms with Gasteiger partial charge in [-0.25, -0.2) is 19.6 Å². The number of hydrogen-bond acceptors (Lipinski definition) is 8. The average molecular weight is 793 g/mol. The first-order valence-electron chi connectivity index (χ1n) is 19.8.